The molecule has 0 saturated heterocycles. The minimum Gasteiger partial charge on any atom is -0.508 e. The van der Waals surface area contributed by atoms with Crippen LogP contribution in [0, 0.1) is 0 Å². The normalized spacial score (nSPS) is 10.8. The summed E-state index contributed by atoms with van der Waals surface area (Å²) in [6, 6.07) is 6.40. The quantitative estimate of drug-likeness (QED) is 0.876. The number of aromatic nitrogens is 2. The number of imidazole rings is 1. The lowest BCUT2D eigenvalue weighted by molar-refractivity contribution is 0.0676. The van der Waals surface area contributed by atoms with Gasteiger partial charge in [0.25, 0.3) is 0 Å². The molecule has 6 nitrogen and oxygen atoms in total. The van der Waals surface area contributed by atoms with Crippen molar-refractivity contribution in [3.05, 3.63) is 42.0 Å². The van der Waals surface area contributed by atoms with Crippen LogP contribution in [0.25, 0.3) is 0 Å². The van der Waals surface area contributed by atoms with Crippen LogP contribution in [0.4, 0.5) is 0 Å². The number of carboxylic acids is 1. The van der Waals surface area contributed by atoms with Gasteiger partial charge in [-0.3, -0.25) is 0 Å². The summed E-state index contributed by atoms with van der Waals surface area (Å²) in [5, 5.41) is 18.4. The van der Waals surface area contributed by atoms with Crippen LogP contribution in [0.5, 0.6) is 11.5 Å². The number of aromatic carboxylic acids is 1. The average molecular weight is 276 g/mol. The largest absolute Gasteiger partial charge is 0.508 e. The zero-order chi connectivity index (χ0) is 14.7. The number of carbonyl (C=O) groups is 1. The summed E-state index contributed by atoms with van der Waals surface area (Å²) in [4.78, 5) is 15.1. The molecule has 6 heteroatoms. The number of rotatable bonds is 5. The van der Waals surface area contributed by atoms with Gasteiger partial charge >= 0.3 is 5.97 Å². The summed E-state index contributed by atoms with van der Waals surface area (Å²) < 4.78 is 7.06. The molecule has 0 bridgehead atoms. The van der Waals surface area contributed by atoms with Crippen LogP contribution in [0.1, 0.15) is 36.2 Å². The molecule has 0 atom stereocenters. The number of aromatic hydroxyl groups is 1. The van der Waals surface area contributed by atoms with Gasteiger partial charge in [0.1, 0.15) is 18.1 Å². The first-order chi connectivity index (χ1) is 9.47. The standard InChI is InChI=1S/C14H16N2O4/c1-9(2)16-7-10(15-13(16)14(18)19)8-20-12-5-3-4-11(17)6-12/h3-7,9,17H,8H2,1-2H3,(H,18,19). The lowest BCUT2D eigenvalue weighted by atomic mass is 10.3. The molecule has 1 aromatic carbocycles. The van der Waals surface area contributed by atoms with Crippen LogP contribution >= 0.6 is 0 Å². The molecule has 2 N–H and O–H groups in total. The van der Waals surface area contributed by atoms with Gasteiger partial charge in [0.2, 0.25) is 5.82 Å². The first-order valence-corrected chi connectivity index (χ1v) is 6.20. The van der Waals surface area contributed by atoms with Crippen LogP contribution in [0.2, 0.25) is 0 Å². The van der Waals surface area contributed by atoms with Crippen LogP contribution < -0.4 is 4.74 Å². The molecule has 0 spiro atoms. The number of phenolic OH excluding ortho intramolecular Hbond substituents is 1. The minimum absolute atomic E-state index is 0.00289. The van der Waals surface area contributed by atoms with Gasteiger partial charge in [-0.1, -0.05) is 6.07 Å². The first kappa shape index (κ1) is 13.9. The van der Waals surface area contributed by atoms with Crippen molar-refractivity contribution in [2.24, 2.45) is 0 Å². The van der Waals surface area contributed by atoms with E-state index >= 15 is 0 Å². The monoisotopic (exact) mass is 276 g/mol. The van der Waals surface area contributed by atoms with E-state index in [1.165, 1.54) is 6.07 Å². The number of benzene rings is 1. The summed E-state index contributed by atoms with van der Waals surface area (Å²) >= 11 is 0. The molecule has 0 unspecified atom stereocenters. The molecule has 0 fully saturated rings. The highest BCUT2D eigenvalue weighted by Crippen LogP contribution is 2.19. The molecule has 0 aliphatic rings. The van der Waals surface area contributed by atoms with Crippen molar-refractivity contribution in [1.82, 2.24) is 9.55 Å². The van der Waals surface area contributed by atoms with Gasteiger partial charge in [-0.25, -0.2) is 9.78 Å². The van der Waals surface area contributed by atoms with Crippen molar-refractivity contribution < 1.29 is 19.7 Å². The third-order valence-electron chi connectivity index (χ3n) is 2.73. The number of nitrogens with zero attached hydrogens (tertiary/aromatic N) is 2. The van der Waals surface area contributed by atoms with Crippen LogP contribution in [-0.4, -0.2) is 25.7 Å². The Bertz CT molecular complexity index is 619. The van der Waals surface area contributed by atoms with E-state index in [-0.39, 0.29) is 24.2 Å². The maximum Gasteiger partial charge on any atom is 0.372 e. The lowest BCUT2D eigenvalue weighted by Gasteiger charge is -2.07. The third-order valence-corrected chi connectivity index (χ3v) is 2.73. The molecule has 2 rings (SSSR count). The lowest BCUT2D eigenvalue weighted by Crippen LogP contribution is -2.10. The Hall–Kier alpha value is -2.50. The van der Waals surface area contributed by atoms with Gasteiger partial charge in [0, 0.05) is 18.3 Å². The van der Waals surface area contributed by atoms with Crippen molar-refractivity contribution >= 4 is 5.97 Å². The molecule has 1 heterocycles. The zero-order valence-electron chi connectivity index (χ0n) is 11.3. The minimum atomic E-state index is -1.07. The van der Waals surface area contributed by atoms with Gasteiger partial charge in [-0.2, -0.15) is 0 Å². The van der Waals surface area contributed by atoms with E-state index in [1.54, 1.807) is 29.0 Å². The van der Waals surface area contributed by atoms with E-state index in [0.29, 0.717) is 11.4 Å². The molecule has 106 valence electrons. The second-order valence-corrected chi connectivity index (χ2v) is 4.65. The molecular formula is C14H16N2O4. The Morgan fingerprint density at radius 2 is 2.20 bits per heavy atom. The highest BCUT2D eigenvalue weighted by Gasteiger charge is 2.16. The molecule has 0 amide bonds. The van der Waals surface area contributed by atoms with Crippen LogP contribution in [0.3, 0.4) is 0 Å². The van der Waals surface area contributed by atoms with Crippen molar-refractivity contribution in [1.29, 1.82) is 0 Å². The topological polar surface area (TPSA) is 84.6 Å². The summed E-state index contributed by atoms with van der Waals surface area (Å²) in [5.41, 5.74) is 0.527. The predicted molar refractivity (Wildman–Crippen MR) is 72.0 cm³/mol. The SMILES string of the molecule is CC(C)n1cc(COc2cccc(O)c2)nc1C(=O)O. The molecule has 0 aliphatic carbocycles. The smallest absolute Gasteiger partial charge is 0.372 e. The number of phenols is 1. The molecule has 20 heavy (non-hydrogen) atoms. The molecule has 0 aliphatic heterocycles. The first-order valence-electron chi connectivity index (χ1n) is 6.20. The molecular weight excluding hydrogens is 260 g/mol. The van der Waals surface area contributed by atoms with Gasteiger partial charge in [-0.05, 0) is 26.0 Å². The second kappa shape index (κ2) is 5.64. The van der Waals surface area contributed by atoms with Crippen molar-refractivity contribution in [2.75, 3.05) is 0 Å². The highest BCUT2D eigenvalue weighted by atomic mass is 16.5. The van der Waals surface area contributed by atoms with Crippen LogP contribution in [0.15, 0.2) is 30.5 Å². The van der Waals surface area contributed by atoms with E-state index in [9.17, 15) is 9.90 Å². The fourth-order valence-electron chi connectivity index (χ4n) is 1.80. The Kier molecular flexibility index (Phi) is 3.93. The summed E-state index contributed by atoms with van der Waals surface area (Å²) in [5.74, 6) is -0.459. The van der Waals surface area contributed by atoms with Gasteiger partial charge in [-0.15, -0.1) is 0 Å². The van der Waals surface area contributed by atoms with Crippen molar-refractivity contribution in [3.8, 4) is 11.5 Å². The molecule has 1 aromatic heterocycles. The van der Waals surface area contributed by atoms with Gasteiger partial charge < -0.3 is 19.5 Å². The number of hydrogen-bond acceptors (Lipinski definition) is 4. The fourth-order valence-corrected chi connectivity index (χ4v) is 1.80. The molecule has 0 saturated carbocycles. The van der Waals surface area contributed by atoms with E-state index in [2.05, 4.69) is 4.98 Å². The Morgan fingerprint density at radius 3 is 2.75 bits per heavy atom. The Morgan fingerprint density at radius 1 is 1.45 bits per heavy atom. The number of ether oxygens (including phenoxy) is 1. The van der Waals surface area contributed by atoms with Crippen molar-refractivity contribution in [2.45, 2.75) is 26.5 Å². The summed E-state index contributed by atoms with van der Waals surface area (Å²) in [6.45, 7) is 3.91. The van der Waals surface area contributed by atoms with Gasteiger partial charge in [0.05, 0.1) is 5.69 Å². The maximum atomic E-state index is 11.1. The van der Waals surface area contributed by atoms with E-state index in [1.807, 2.05) is 13.8 Å². The highest BCUT2D eigenvalue weighted by molar-refractivity contribution is 5.83. The zero-order valence-corrected chi connectivity index (χ0v) is 11.3. The summed E-state index contributed by atoms with van der Waals surface area (Å²) in [7, 11) is 0. The second-order valence-electron chi connectivity index (χ2n) is 4.65. The molecule has 0 radical (unpaired) electrons. The van der Waals surface area contributed by atoms with E-state index in [4.69, 9.17) is 9.84 Å². The van der Waals surface area contributed by atoms with E-state index in [0.717, 1.165) is 0 Å². The Labute approximate surface area is 116 Å². The number of hydrogen-bond donors (Lipinski definition) is 2. The van der Waals surface area contributed by atoms with Crippen LogP contribution in [-0.2, 0) is 6.61 Å². The van der Waals surface area contributed by atoms with Crippen molar-refractivity contribution in [3.63, 3.8) is 0 Å². The Balaban J connectivity index is 2.14. The van der Waals surface area contributed by atoms with E-state index < -0.39 is 5.97 Å². The maximum absolute atomic E-state index is 11.1. The molecule has 2 aromatic rings. The number of carboxylic acid groups (broad SMARTS) is 1. The van der Waals surface area contributed by atoms with Gasteiger partial charge in [0.15, 0.2) is 0 Å². The average Bonchev–Trinajstić information content (AvgIpc) is 2.81. The summed E-state index contributed by atoms with van der Waals surface area (Å²) in [6.07, 6.45) is 1.66. The predicted octanol–water partition coefficient (Wildman–Crippen LogP) is 2.45. The fraction of sp³-hybridized carbons (Fsp3) is 0.286. The third kappa shape index (κ3) is 3.09.